The minimum atomic E-state index is -2.74. The Labute approximate surface area is 194 Å². The molecule has 1 aromatic carbocycles. The summed E-state index contributed by atoms with van der Waals surface area (Å²) in [5.41, 5.74) is 3.21. The average Bonchev–Trinajstić information content (AvgIpc) is 3.47. The van der Waals surface area contributed by atoms with Crippen LogP contribution in [0.5, 0.6) is 5.75 Å². The van der Waals surface area contributed by atoms with Crippen LogP contribution in [0.2, 0.25) is 0 Å². The monoisotopic (exact) mass is 469 g/mol. The number of hydrogen-bond donors (Lipinski definition) is 1. The average molecular weight is 469 g/mol. The number of alkyl halides is 2. The second-order valence-electron chi connectivity index (χ2n) is 8.92. The molecule has 1 fully saturated rings. The zero-order chi connectivity index (χ0) is 24.1. The van der Waals surface area contributed by atoms with Gasteiger partial charge in [0.25, 0.3) is 5.91 Å². The lowest BCUT2D eigenvalue weighted by Crippen LogP contribution is -2.44. The topological polar surface area (TPSA) is 81.4 Å². The molecular formula is C24H25F2N5O3. The second kappa shape index (κ2) is 8.27. The van der Waals surface area contributed by atoms with Crippen LogP contribution < -0.4 is 20.5 Å². The molecule has 3 aromatic rings. The van der Waals surface area contributed by atoms with Gasteiger partial charge >= 0.3 is 6.55 Å². The fraction of sp³-hybridized carbons (Fsp3) is 0.375. The van der Waals surface area contributed by atoms with Crippen molar-refractivity contribution in [3.05, 3.63) is 58.1 Å². The summed E-state index contributed by atoms with van der Waals surface area (Å²) in [7, 11) is 1.50. The lowest BCUT2D eigenvalue weighted by atomic mass is 9.95. The molecule has 178 valence electrons. The van der Waals surface area contributed by atoms with E-state index >= 15 is 0 Å². The van der Waals surface area contributed by atoms with Crippen molar-refractivity contribution < 1.29 is 18.3 Å². The molecule has 0 spiro atoms. The number of fused-ring (bicyclic) bond motifs is 3. The summed E-state index contributed by atoms with van der Waals surface area (Å²) in [6, 6.07) is 5.37. The Hall–Kier alpha value is -3.69. The van der Waals surface area contributed by atoms with Crippen molar-refractivity contribution >= 4 is 5.91 Å². The molecule has 2 aromatic heterocycles. The maximum atomic E-state index is 13.1. The Kier molecular flexibility index (Phi) is 5.38. The van der Waals surface area contributed by atoms with Crippen LogP contribution in [0.15, 0.2) is 41.6 Å². The van der Waals surface area contributed by atoms with E-state index in [0.717, 1.165) is 24.0 Å². The molecule has 1 amide bonds. The Balaban J connectivity index is 1.64. The molecule has 0 radical (unpaired) electrons. The quantitative estimate of drug-likeness (QED) is 0.597. The minimum absolute atomic E-state index is 0.0564. The van der Waals surface area contributed by atoms with E-state index in [0.29, 0.717) is 33.8 Å². The molecule has 1 aliphatic carbocycles. The maximum Gasteiger partial charge on any atom is 0.333 e. The van der Waals surface area contributed by atoms with E-state index in [9.17, 15) is 18.4 Å². The number of aromatic nitrogens is 3. The van der Waals surface area contributed by atoms with Crippen LogP contribution in [0.4, 0.5) is 8.78 Å². The number of benzene rings is 1. The van der Waals surface area contributed by atoms with Crippen LogP contribution in [-0.2, 0) is 6.54 Å². The fourth-order valence-electron chi connectivity index (χ4n) is 4.25. The highest BCUT2D eigenvalue weighted by Gasteiger charge is 2.29. The number of hydrogen-bond acceptors (Lipinski definition) is 5. The van der Waals surface area contributed by atoms with Gasteiger partial charge in [-0.15, -0.1) is 0 Å². The van der Waals surface area contributed by atoms with Gasteiger partial charge in [0.2, 0.25) is 0 Å². The van der Waals surface area contributed by atoms with Crippen molar-refractivity contribution in [3.8, 4) is 28.1 Å². The molecule has 1 saturated carbocycles. The molecule has 8 nitrogen and oxygen atoms in total. The zero-order valence-electron chi connectivity index (χ0n) is 19.1. The summed E-state index contributed by atoms with van der Waals surface area (Å²) in [6.07, 6.45) is 6.12. The molecule has 5 rings (SSSR count). The Morgan fingerprint density at radius 2 is 1.94 bits per heavy atom. The molecule has 1 N–H and O–H groups in total. The first-order chi connectivity index (χ1) is 16.3. The third-order valence-electron chi connectivity index (χ3n) is 6.21. The van der Waals surface area contributed by atoms with Gasteiger partial charge in [-0.1, -0.05) is 0 Å². The Morgan fingerprint density at radius 1 is 1.18 bits per heavy atom. The van der Waals surface area contributed by atoms with Gasteiger partial charge in [0, 0.05) is 47.2 Å². The van der Waals surface area contributed by atoms with Gasteiger partial charge in [0.1, 0.15) is 11.3 Å². The van der Waals surface area contributed by atoms with Gasteiger partial charge in [-0.3, -0.25) is 14.3 Å². The van der Waals surface area contributed by atoms with Gasteiger partial charge in [0.15, 0.2) is 5.43 Å². The van der Waals surface area contributed by atoms with Crippen LogP contribution in [0, 0.1) is 0 Å². The van der Waals surface area contributed by atoms with Crippen molar-refractivity contribution in [2.45, 2.75) is 51.9 Å². The van der Waals surface area contributed by atoms with E-state index in [2.05, 4.69) is 10.4 Å². The largest absolute Gasteiger partial charge is 0.496 e. The maximum absolute atomic E-state index is 13.1. The normalized spacial score (nSPS) is 14.9. The highest BCUT2D eigenvalue weighted by molar-refractivity contribution is 5.94. The van der Waals surface area contributed by atoms with Crippen LogP contribution >= 0.6 is 0 Å². The van der Waals surface area contributed by atoms with Gasteiger partial charge in [0.05, 0.1) is 25.5 Å². The van der Waals surface area contributed by atoms with Gasteiger partial charge < -0.3 is 15.1 Å². The van der Waals surface area contributed by atoms with Gasteiger partial charge in [-0.2, -0.15) is 13.9 Å². The zero-order valence-corrected chi connectivity index (χ0v) is 19.1. The summed E-state index contributed by atoms with van der Waals surface area (Å²) in [4.78, 5) is 25.6. The number of halogens is 2. The number of carbonyl (C=O) groups excluding carboxylic acids is 1. The highest BCUT2D eigenvalue weighted by atomic mass is 19.3. The molecule has 10 heteroatoms. The van der Waals surface area contributed by atoms with E-state index in [1.807, 2.05) is 29.6 Å². The molecular weight excluding hydrogens is 444 g/mol. The summed E-state index contributed by atoms with van der Waals surface area (Å²) in [5.74, 6) is 0.112. The first-order valence-corrected chi connectivity index (χ1v) is 11.1. The predicted molar refractivity (Wildman–Crippen MR) is 123 cm³/mol. The third-order valence-corrected chi connectivity index (χ3v) is 6.21. The van der Waals surface area contributed by atoms with E-state index in [1.54, 1.807) is 12.3 Å². The standard InChI is InChI=1S/C24H25F2N5O3/c1-13(2)30-11-14-6-18(15-9-27-29(10-15)24(25)26)22(34-3)7-17(14)20-8-21(32)19(12-31(20)30)23(33)28-16-4-5-16/h6-10,12-13,16,24H,4-5,11H2,1-3H3,(H,28,33). The number of nitrogens with zero attached hydrogens (tertiary/aromatic N) is 4. The number of ether oxygens (including phenoxy) is 1. The van der Waals surface area contributed by atoms with Crippen LogP contribution in [-0.4, -0.2) is 39.6 Å². The minimum Gasteiger partial charge on any atom is -0.496 e. The number of methoxy groups -OCH3 is 1. The lowest BCUT2D eigenvalue weighted by molar-refractivity contribution is 0.0566. The Bertz CT molecular complexity index is 1330. The lowest BCUT2D eigenvalue weighted by Gasteiger charge is -2.38. The first-order valence-electron chi connectivity index (χ1n) is 11.1. The van der Waals surface area contributed by atoms with E-state index in [-0.39, 0.29) is 29.0 Å². The van der Waals surface area contributed by atoms with Crippen LogP contribution in [0.1, 0.15) is 49.2 Å². The van der Waals surface area contributed by atoms with E-state index in [1.165, 1.54) is 25.6 Å². The fourth-order valence-corrected chi connectivity index (χ4v) is 4.25. The molecule has 3 heterocycles. The number of amides is 1. The van der Waals surface area contributed by atoms with E-state index < -0.39 is 6.55 Å². The van der Waals surface area contributed by atoms with Crippen molar-refractivity contribution in [3.63, 3.8) is 0 Å². The summed E-state index contributed by atoms with van der Waals surface area (Å²) >= 11 is 0. The predicted octanol–water partition coefficient (Wildman–Crippen LogP) is 3.53. The summed E-state index contributed by atoms with van der Waals surface area (Å²) in [6.45, 7) is 1.80. The molecule has 0 bridgehead atoms. The van der Waals surface area contributed by atoms with Crippen molar-refractivity contribution in [1.29, 1.82) is 0 Å². The van der Waals surface area contributed by atoms with Crippen LogP contribution in [0.25, 0.3) is 22.4 Å². The number of pyridine rings is 1. The van der Waals surface area contributed by atoms with Gasteiger partial charge in [-0.25, -0.2) is 4.68 Å². The molecule has 34 heavy (non-hydrogen) atoms. The SMILES string of the molecule is COc1cc2c(cc1-c1cnn(C(F)F)c1)CN(C(C)C)n1cc(C(=O)NC3CC3)c(=O)cc1-2. The number of rotatable bonds is 6. The summed E-state index contributed by atoms with van der Waals surface area (Å²) < 4.78 is 34.1. The number of carbonyl (C=O) groups is 1. The summed E-state index contributed by atoms with van der Waals surface area (Å²) in [5, 5.41) is 8.67. The van der Waals surface area contributed by atoms with Crippen molar-refractivity contribution in [1.82, 2.24) is 19.8 Å². The van der Waals surface area contributed by atoms with E-state index in [4.69, 9.17) is 4.74 Å². The van der Waals surface area contributed by atoms with Crippen LogP contribution in [0.3, 0.4) is 0 Å². The molecule has 0 saturated heterocycles. The Morgan fingerprint density at radius 3 is 2.56 bits per heavy atom. The highest BCUT2D eigenvalue weighted by Crippen LogP contribution is 2.39. The third kappa shape index (κ3) is 3.82. The molecule has 2 aliphatic rings. The molecule has 1 aliphatic heterocycles. The molecule has 0 atom stereocenters. The van der Waals surface area contributed by atoms with Crippen molar-refractivity contribution in [2.24, 2.45) is 0 Å². The van der Waals surface area contributed by atoms with Crippen molar-refractivity contribution in [2.75, 3.05) is 12.1 Å². The first kappa shape index (κ1) is 22.1. The van der Waals surface area contributed by atoms with Gasteiger partial charge in [-0.05, 0) is 44.4 Å². The number of nitrogens with one attached hydrogen (secondary N) is 1. The smallest absolute Gasteiger partial charge is 0.333 e. The second-order valence-corrected chi connectivity index (χ2v) is 8.92. The molecule has 0 unspecified atom stereocenters.